The highest BCUT2D eigenvalue weighted by Crippen LogP contribution is 2.37. The van der Waals surface area contributed by atoms with Crippen molar-refractivity contribution in [2.75, 3.05) is 0 Å². The average Bonchev–Trinajstić information content (AvgIpc) is 2.70. The summed E-state index contributed by atoms with van der Waals surface area (Å²) in [4.78, 5) is 0. The van der Waals surface area contributed by atoms with Crippen molar-refractivity contribution in [2.45, 2.75) is 18.9 Å². The largest absolute Gasteiger partial charge is 0.392 e. The highest BCUT2D eigenvalue weighted by molar-refractivity contribution is 6.33. The first-order chi connectivity index (χ1) is 8.25. The maximum Gasteiger partial charge on any atom is 0.0621 e. The maximum atomic E-state index is 9.77. The van der Waals surface area contributed by atoms with Crippen molar-refractivity contribution in [3.05, 3.63) is 58.6 Å². The van der Waals surface area contributed by atoms with Crippen molar-refractivity contribution in [1.29, 1.82) is 0 Å². The van der Waals surface area contributed by atoms with Crippen molar-refractivity contribution in [2.24, 2.45) is 0 Å². The van der Waals surface area contributed by atoms with Crippen LogP contribution in [0.3, 0.4) is 0 Å². The van der Waals surface area contributed by atoms with Crippen molar-refractivity contribution in [3.63, 3.8) is 0 Å². The molecule has 0 saturated heterocycles. The smallest absolute Gasteiger partial charge is 0.0621 e. The van der Waals surface area contributed by atoms with Gasteiger partial charge in [0.1, 0.15) is 0 Å². The van der Waals surface area contributed by atoms with Gasteiger partial charge in [-0.25, -0.2) is 0 Å². The molecule has 2 aromatic rings. The fourth-order valence-corrected chi connectivity index (χ4v) is 2.85. The maximum absolute atomic E-state index is 9.77. The predicted octanol–water partition coefficient (Wildman–Crippen LogP) is 3.47. The second-order valence-corrected chi connectivity index (χ2v) is 4.90. The number of aliphatic hydroxyl groups excluding tert-OH is 1. The molecule has 0 fully saturated rings. The van der Waals surface area contributed by atoms with Crippen LogP contribution in [0.25, 0.3) is 11.1 Å². The number of hydrogen-bond acceptors (Lipinski definition) is 1. The highest BCUT2D eigenvalue weighted by atomic mass is 35.5. The topological polar surface area (TPSA) is 20.2 Å². The molecular formula is C15H13ClO. The lowest BCUT2D eigenvalue weighted by Crippen LogP contribution is -2.03. The Hall–Kier alpha value is -1.31. The molecule has 1 N–H and O–H groups in total. The fourth-order valence-electron chi connectivity index (χ4n) is 2.57. The molecule has 86 valence electrons. The molecule has 1 aliphatic rings. The molecule has 1 aliphatic carbocycles. The van der Waals surface area contributed by atoms with E-state index in [9.17, 15) is 5.11 Å². The molecule has 0 saturated carbocycles. The standard InChI is InChI=1S/C15H13ClO/c16-14-7-6-11-8-12(17)9-13(11)15(14)10-4-2-1-3-5-10/h1-7,12,17H,8-9H2. The third-order valence-corrected chi connectivity index (χ3v) is 3.63. The average molecular weight is 245 g/mol. The third kappa shape index (κ3) is 1.86. The van der Waals surface area contributed by atoms with Crippen LogP contribution in [0.5, 0.6) is 0 Å². The van der Waals surface area contributed by atoms with Crippen LogP contribution >= 0.6 is 11.6 Å². The van der Waals surface area contributed by atoms with Gasteiger partial charge in [-0.2, -0.15) is 0 Å². The van der Waals surface area contributed by atoms with Crippen LogP contribution in [0.15, 0.2) is 42.5 Å². The van der Waals surface area contributed by atoms with Crippen molar-refractivity contribution in [3.8, 4) is 11.1 Å². The van der Waals surface area contributed by atoms with Crippen molar-refractivity contribution in [1.82, 2.24) is 0 Å². The Morgan fingerprint density at radius 2 is 1.76 bits per heavy atom. The van der Waals surface area contributed by atoms with Gasteiger partial charge in [-0.3, -0.25) is 0 Å². The lowest BCUT2D eigenvalue weighted by Gasteiger charge is -2.10. The van der Waals surface area contributed by atoms with E-state index in [0.29, 0.717) is 6.42 Å². The summed E-state index contributed by atoms with van der Waals surface area (Å²) in [6.45, 7) is 0. The molecule has 1 nitrogen and oxygen atoms in total. The zero-order valence-corrected chi connectivity index (χ0v) is 10.1. The summed E-state index contributed by atoms with van der Waals surface area (Å²) in [6, 6.07) is 14.1. The Bertz CT molecular complexity index is 548. The van der Waals surface area contributed by atoms with Crippen LogP contribution in [0.1, 0.15) is 11.1 Å². The molecule has 0 bridgehead atoms. The van der Waals surface area contributed by atoms with Crippen LogP contribution in [-0.4, -0.2) is 11.2 Å². The van der Waals surface area contributed by atoms with E-state index in [1.807, 2.05) is 30.3 Å². The van der Waals surface area contributed by atoms with Gasteiger partial charge < -0.3 is 5.11 Å². The third-order valence-electron chi connectivity index (χ3n) is 3.32. The van der Waals surface area contributed by atoms with Gasteiger partial charge in [0.25, 0.3) is 0 Å². The molecule has 0 radical (unpaired) electrons. The van der Waals surface area contributed by atoms with Crippen molar-refractivity contribution < 1.29 is 5.11 Å². The minimum absolute atomic E-state index is 0.258. The summed E-state index contributed by atoms with van der Waals surface area (Å²) in [6.07, 6.45) is 1.19. The number of fused-ring (bicyclic) bond motifs is 1. The Balaban J connectivity index is 2.21. The quantitative estimate of drug-likeness (QED) is 0.815. The number of hydrogen-bond donors (Lipinski definition) is 1. The van der Waals surface area contributed by atoms with E-state index >= 15 is 0 Å². The first kappa shape index (κ1) is 10.8. The van der Waals surface area contributed by atoms with Crippen LogP contribution in [0.2, 0.25) is 5.02 Å². The van der Waals surface area contributed by atoms with Gasteiger partial charge in [0.05, 0.1) is 6.10 Å². The Kier molecular flexibility index (Phi) is 2.65. The zero-order chi connectivity index (χ0) is 11.8. The highest BCUT2D eigenvalue weighted by Gasteiger charge is 2.23. The van der Waals surface area contributed by atoms with Crippen molar-refractivity contribution >= 4 is 11.6 Å². The second kappa shape index (κ2) is 4.17. The fraction of sp³-hybridized carbons (Fsp3) is 0.200. The van der Waals surface area contributed by atoms with Gasteiger partial charge in [-0.1, -0.05) is 48.0 Å². The monoisotopic (exact) mass is 244 g/mol. The minimum Gasteiger partial charge on any atom is -0.392 e. The Morgan fingerprint density at radius 1 is 1.00 bits per heavy atom. The van der Waals surface area contributed by atoms with E-state index in [0.717, 1.165) is 22.6 Å². The Labute approximate surface area is 106 Å². The van der Waals surface area contributed by atoms with Crippen LogP contribution < -0.4 is 0 Å². The molecule has 2 heteroatoms. The van der Waals surface area contributed by atoms with E-state index < -0.39 is 0 Å². The molecule has 0 aromatic heterocycles. The number of benzene rings is 2. The summed E-state index contributed by atoms with van der Waals surface area (Å²) in [7, 11) is 0. The molecule has 17 heavy (non-hydrogen) atoms. The van der Waals surface area contributed by atoms with Gasteiger partial charge >= 0.3 is 0 Å². The molecule has 0 heterocycles. The van der Waals surface area contributed by atoms with Crippen LogP contribution in [-0.2, 0) is 12.8 Å². The summed E-state index contributed by atoms with van der Waals surface area (Å²) in [5.41, 5.74) is 4.64. The van der Waals surface area contributed by atoms with Crippen LogP contribution in [0.4, 0.5) is 0 Å². The van der Waals surface area contributed by atoms with Gasteiger partial charge in [-0.15, -0.1) is 0 Å². The van der Waals surface area contributed by atoms with E-state index in [2.05, 4.69) is 12.1 Å². The normalized spacial score (nSPS) is 18.1. The van der Waals surface area contributed by atoms with Gasteiger partial charge in [0.15, 0.2) is 0 Å². The van der Waals surface area contributed by atoms with Gasteiger partial charge in [0, 0.05) is 10.6 Å². The van der Waals surface area contributed by atoms with Gasteiger partial charge in [-0.05, 0) is 35.6 Å². The number of aliphatic hydroxyl groups is 1. The van der Waals surface area contributed by atoms with Crippen LogP contribution in [0, 0.1) is 0 Å². The summed E-state index contributed by atoms with van der Waals surface area (Å²) in [5, 5.41) is 10.5. The molecular weight excluding hydrogens is 232 g/mol. The molecule has 2 aromatic carbocycles. The number of rotatable bonds is 1. The Morgan fingerprint density at radius 3 is 2.53 bits per heavy atom. The van der Waals surface area contributed by atoms with Gasteiger partial charge in [0.2, 0.25) is 0 Å². The minimum atomic E-state index is -0.258. The summed E-state index contributed by atoms with van der Waals surface area (Å²) in [5.74, 6) is 0. The molecule has 3 rings (SSSR count). The molecule has 0 aliphatic heterocycles. The number of halogens is 1. The predicted molar refractivity (Wildman–Crippen MR) is 70.3 cm³/mol. The van der Waals surface area contributed by atoms with E-state index in [-0.39, 0.29) is 6.10 Å². The molecule has 1 atom stereocenters. The second-order valence-electron chi connectivity index (χ2n) is 4.49. The molecule has 0 amide bonds. The molecule has 0 spiro atoms. The summed E-state index contributed by atoms with van der Waals surface area (Å²) >= 11 is 6.31. The first-order valence-corrected chi connectivity index (χ1v) is 6.17. The van der Waals surface area contributed by atoms with E-state index in [1.54, 1.807) is 0 Å². The SMILES string of the molecule is OC1Cc2ccc(Cl)c(-c3ccccc3)c2C1. The zero-order valence-electron chi connectivity index (χ0n) is 9.36. The lowest BCUT2D eigenvalue weighted by atomic mass is 9.97. The lowest BCUT2D eigenvalue weighted by molar-refractivity contribution is 0.187. The van der Waals surface area contributed by atoms with E-state index in [1.165, 1.54) is 11.1 Å². The summed E-state index contributed by atoms with van der Waals surface area (Å²) < 4.78 is 0. The van der Waals surface area contributed by atoms with E-state index in [4.69, 9.17) is 11.6 Å². The first-order valence-electron chi connectivity index (χ1n) is 5.79. The molecule has 1 unspecified atom stereocenters.